The Hall–Kier alpha value is -2.50. The Morgan fingerprint density at radius 2 is 1.73 bits per heavy atom. The van der Waals surface area contributed by atoms with Crippen molar-refractivity contribution in [1.29, 1.82) is 0 Å². The number of aliphatic imine (C=N–C) groups is 1. The Morgan fingerprint density at radius 1 is 1.12 bits per heavy atom. The van der Waals surface area contributed by atoms with E-state index in [2.05, 4.69) is 9.98 Å². The van der Waals surface area contributed by atoms with Crippen molar-refractivity contribution in [2.45, 2.75) is 59.2 Å². The second-order valence-electron chi connectivity index (χ2n) is 6.50. The van der Waals surface area contributed by atoms with E-state index in [9.17, 15) is 9.59 Å². The van der Waals surface area contributed by atoms with Gasteiger partial charge in [-0.05, 0) is 44.9 Å². The van der Waals surface area contributed by atoms with Crippen LogP contribution in [-0.2, 0) is 19.1 Å². The number of rotatable bonds is 7. The molecule has 0 aliphatic carbocycles. The summed E-state index contributed by atoms with van der Waals surface area (Å²) in [4.78, 5) is 34.4. The molecule has 140 valence electrons. The zero-order valence-corrected chi connectivity index (χ0v) is 15.8. The molecule has 1 aromatic heterocycles. The SMILES string of the molecule is CCC(C)OC(=O)C1(C(=O)OC(C)CC)C=CN=C(c2ccccn2)C1. The van der Waals surface area contributed by atoms with Gasteiger partial charge >= 0.3 is 11.9 Å². The summed E-state index contributed by atoms with van der Waals surface area (Å²) in [6.45, 7) is 7.43. The lowest BCUT2D eigenvalue weighted by atomic mass is 9.80. The van der Waals surface area contributed by atoms with Gasteiger partial charge in [0.2, 0.25) is 0 Å². The summed E-state index contributed by atoms with van der Waals surface area (Å²) in [6.07, 6.45) is 5.39. The van der Waals surface area contributed by atoms with Crippen molar-refractivity contribution in [3.8, 4) is 0 Å². The lowest BCUT2D eigenvalue weighted by Gasteiger charge is -2.30. The number of hydrogen-bond acceptors (Lipinski definition) is 6. The highest BCUT2D eigenvalue weighted by Gasteiger charge is 2.50. The minimum Gasteiger partial charge on any atom is -0.462 e. The molecule has 2 rings (SSSR count). The van der Waals surface area contributed by atoms with Crippen LogP contribution in [0.25, 0.3) is 0 Å². The van der Waals surface area contributed by atoms with Crippen LogP contribution in [0.15, 0.2) is 41.7 Å². The van der Waals surface area contributed by atoms with Gasteiger partial charge in [-0.15, -0.1) is 0 Å². The zero-order valence-electron chi connectivity index (χ0n) is 15.8. The Morgan fingerprint density at radius 3 is 2.23 bits per heavy atom. The minimum atomic E-state index is -1.54. The van der Waals surface area contributed by atoms with Crippen LogP contribution in [0, 0.1) is 5.41 Å². The molecule has 26 heavy (non-hydrogen) atoms. The number of carbonyl (C=O) groups is 2. The van der Waals surface area contributed by atoms with E-state index in [1.165, 1.54) is 12.3 Å². The molecule has 1 aliphatic heterocycles. The largest absolute Gasteiger partial charge is 0.462 e. The Balaban J connectivity index is 2.35. The smallest absolute Gasteiger partial charge is 0.328 e. The first kappa shape index (κ1) is 19.8. The van der Waals surface area contributed by atoms with E-state index >= 15 is 0 Å². The summed E-state index contributed by atoms with van der Waals surface area (Å²) < 4.78 is 11.0. The number of esters is 2. The van der Waals surface area contributed by atoms with E-state index in [0.717, 1.165) is 0 Å². The molecular formula is C20H26N2O4. The predicted octanol–water partition coefficient (Wildman–Crippen LogP) is 3.46. The molecule has 1 aliphatic rings. The van der Waals surface area contributed by atoms with Gasteiger partial charge in [0, 0.05) is 18.8 Å². The maximum atomic E-state index is 12.9. The predicted molar refractivity (Wildman–Crippen MR) is 98.7 cm³/mol. The number of carbonyl (C=O) groups excluding carboxylic acids is 2. The Kier molecular flexibility index (Phi) is 6.66. The van der Waals surface area contributed by atoms with E-state index in [1.807, 2.05) is 19.9 Å². The van der Waals surface area contributed by atoms with Gasteiger partial charge in [0.15, 0.2) is 5.41 Å². The van der Waals surface area contributed by atoms with E-state index in [0.29, 0.717) is 24.2 Å². The molecule has 0 fully saturated rings. The Labute approximate surface area is 154 Å². The summed E-state index contributed by atoms with van der Waals surface area (Å²) in [6, 6.07) is 5.42. The van der Waals surface area contributed by atoms with Crippen molar-refractivity contribution < 1.29 is 19.1 Å². The van der Waals surface area contributed by atoms with Crippen molar-refractivity contribution >= 4 is 17.7 Å². The third-order valence-electron chi connectivity index (χ3n) is 4.49. The van der Waals surface area contributed by atoms with Crippen LogP contribution in [0.2, 0.25) is 0 Å². The van der Waals surface area contributed by atoms with Crippen molar-refractivity contribution in [2.75, 3.05) is 0 Å². The zero-order chi connectivity index (χ0) is 19.2. The number of aromatic nitrogens is 1. The maximum absolute atomic E-state index is 12.9. The molecule has 6 nitrogen and oxygen atoms in total. The summed E-state index contributed by atoms with van der Waals surface area (Å²) >= 11 is 0. The first-order chi connectivity index (χ1) is 12.4. The van der Waals surface area contributed by atoms with Gasteiger partial charge in [-0.2, -0.15) is 0 Å². The second kappa shape index (κ2) is 8.74. The molecule has 0 saturated carbocycles. The van der Waals surface area contributed by atoms with Crippen molar-refractivity contribution in [3.05, 3.63) is 42.4 Å². The average molecular weight is 358 g/mol. The van der Waals surface area contributed by atoms with Crippen LogP contribution < -0.4 is 0 Å². The van der Waals surface area contributed by atoms with E-state index in [-0.39, 0.29) is 18.6 Å². The van der Waals surface area contributed by atoms with Crippen LogP contribution in [-0.4, -0.2) is 34.8 Å². The molecule has 2 unspecified atom stereocenters. The monoisotopic (exact) mass is 358 g/mol. The number of pyridine rings is 1. The standard InChI is InChI=1S/C20H26N2O4/c1-5-14(3)25-18(23)20(19(24)26-15(4)6-2)10-12-22-17(13-20)16-9-7-8-11-21-16/h7-12,14-15H,5-6,13H2,1-4H3. The van der Waals surface area contributed by atoms with Crippen LogP contribution >= 0.6 is 0 Å². The summed E-state index contributed by atoms with van der Waals surface area (Å²) in [5, 5.41) is 0. The van der Waals surface area contributed by atoms with Crippen LogP contribution in [0.3, 0.4) is 0 Å². The highest BCUT2D eigenvalue weighted by molar-refractivity contribution is 6.11. The molecule has 0 saturated heterocycles. The molecule has 0 aromatic carbocycles. The van der Waals surface area contributed by atoms with E-state index < -0.39 is 17.4 Å². The molecule has 6 heteroatoms. The third-order valence-corrected chi connectivity index (χ3v) is 4.49. The number of hydrogen-bond donors (Lipinski definition) is 0. The van der Waals surface area contributed by atoms with Gasteiger partial charge < -0.3 is 9.47 Å². The second-order valence-corrected chi connectivity index (χ2v) is 6.50. The number of ether oxygens (including phenoxy) is 2. The molecular weight excluding hydrogens is 332 g/mol. The van der Waals surface area contributed by atoms with Gasteiger partial charge in [0.05, 0.1) is 23.6 Å². The molecule has 0 N–H and O–H groups in total. The van der Waals surface area contributed by atoms with Crippen LogP contribution in [0.5, 0.6) is 0 Å². The highest BCUT2D eigenvalue weighted by Crippen LogP contribution is 2.34. The fourth-order valence-corrected chi connectivity index (χ4v) is 2.42. The topological polar surface area (TPSA) is 77.9 Å². The molecule has 2 atom stereocenters. The van der Waals surface area contributed by atoms with Gasteiger partial charge in [0.1, 0.15) is 0 Å². The first-order valence-corrected chi connectivity index (χ1v) is 9.00. The molecule has 0 bridgehead atoms. The average Bonchev–Trinajstić information content (AvgIpc) is 2.68. The van der Waals surface area contributed by atoms with Gasteiger partial charge in [-0.3, -0.25) is 19.6 Å². The van der Waals surface area contributed by atoms with Gasteiger partial charge in [-0.25, -0.2) is 0 Å². The highest BCUT2D eigenvalue weighted by atomic mass is 16.6. The summed E-state index contributed by atoms with van der Waals surface area (Å²) in [7, 11) is 0. The molecule has 1 aromatic rings. The number of nitrogens with zero attached hydrogens (tertiary/aromatic N) is 2. The van der Waals surface area contributed by atoms with Crippen molar-refractivity contribution in [1.82, 2.24) is 4.98 Å². The molecule has 0 spiro atoms. The Bertz CT molecular complexity index is 673. The van der Waals surface area contributed by atoms with Crippen LogP contribution in [0.1, 0.15) is 52.7 Å². The van der Waals surface area contributed by atoms with Crippen molar-refractivity contribution in [2.24, 2.45) is 10.4 Å². The lowest BCUT2D eigenvalue weighted by molar-refractivity contribution is -0.173. The maximum Gasteiger partial charge on any atom is 0.328 e. The normalized spacial score (nSPS) is 21.5. The van der Waals surface area contributed by atoms with E-state index in [4.69, 9.17) is 9.47 Å². The van der Waals surface area contributed by atoms with Crippen molar-refractivity contribution in [3.63, 3.8) is 0 Å². The molecule has 0 amide bonds. The molecule has 2 heterocycles. The fourth-order valence-electron chi connectivity index (χ4n) is 2.42. The summed E-state index contributed by atoms with van der Waals surface area (Å²) in [5.74, 6) is -1.22. The first-order valence-electron chi connectivity index (χ1n) is 9.00. The van der Waals surface area contributed by atoms with E-state index in [1.54, 1.807) is 32.2 Å². The fraction of sp³-hybridized carbons (Fsp3) is 0.500. The van der Waals surface area contributed by atoms with Crippen LogP contribution in [0.4, 0.5) is 0 Å². The summed E-state index contributed by atoms with van der Waals surface area (Å²) in [5.41, 5.74) is -0.370. The lowest BCUT2D eigenvalue weighted by Crippen LogP contribution is -2.45. The molecule has 0 radical (unpaired) electrons. The quantitative estimate of drug-likeness (QED) is 0.551. The van der Waals surface area contributed by atoms with Gasteiger partial charge in [-0.1, -0.05) is 19.9 Å². The minimum absolute atomic E-state index is 0.0606. The third kappa shape index (κ3) is 4.36. The van der Waals surface area contributed by atoms with Gasteiger partial charge in [0.25, 0.3) is 0 Å².